The van der Waals surface area contributed by atoms with Gasteiger partial charge in [0, 0.05) is 12.1 Å². The van der Waals surface area contributed by atoms with E-state index >= 15 is 0 Å². The van der Waals surface area contributed by atoms with Crippen LogP contribution in [0.3, 0.4) is 0 Å². The van der Waals surface area contributed by atoms with Gasteiger partial charge in [-0.25, -0.2) is 0 Å². The van der Waals surface area contributed by atoms with E-state index in [2.05, 4.69) is 6.07 Å². The van der Waals surface area contributed by atoms with E-state index in [0.717, 1.165) is 16.7 Å². The second-order valence-corrected chi connectivity index (χ2v) is 8.32. The van der Waals surface area contributed by atoms with Crippen LogP contribution in [-0.4, -0.2) is 11.5 Å². The van der Waals surface area contributed by atoms with E-state index in [0.29, 0.717) is 48.2 Å². The number of non-ortho nitro benzene ring substituents is 1. The van der Waals surface area contributed by atoms with Crippen LogP contribution >= 0.6 is 0 Å². The molecule has 0 aliphatic heterocycles. The highest BCUT2D eigenvalue weighted by Crippen LogP contribution is 2.30. The van der Waals surface area contributed by atoms with Crippen LogP contribution in [0.25, 0.3) is 11.6 Å². The fraction of sp³-hybridized carbons (Fsp3) is 0.129. The molecule has 0 saturated carbocycles. The van der Waals surface area contributed by atoms with Gasteiger partial charge in [-0.3, -0.25) is 10.1 Å². The Bertz CT molecular complexity index is 1440. The van der Waals surface area contributed by atoms with Gasteiger partial charge in [0.15, 0.2) is 11.5 Å². The summed E-state index contributed by atoms with van der Waals surface area (Å²) in [5, 5.41) is 20.4. The van der Waals surface area contributed by atoms with Gasteiger partial charge in [0.2, 0.25) is 0 Å². The zero-order chi connectivity index (χ0) is 26.7. The Morgan fingerprint density at radius 2 is 1.55 bits per heavy atom. The smallest absolute Gasteiger partial charge is 0.269 e. The molecule has 0 amide bonds. The number of nitro groups is 1. The summed E-state index contributed by atoms with van der Waals surface area (Å²) in [5.41, 5.74) is 3.83. The zero-order valence-electron chi connectivity index (χ0n) is 20.9. The van der Waals surface area contributed by atoms with E-state index in [-0.39, 0.29) is 5.69 Å². The van der Waals surface area contributed by atoms with Crippen LogP contribution < -0.4 is 14.2 Å². The Morgan fingerprint density at radius 1 is 0.842 bits per heavy atom. The molecule has 0 N–H and O–H groups in total. The Hall–Kier alpha value is -5.09. The van der Waals surface area contributed by atoms with E-state index in [9.17, 15) is 15.4 Å². The molecule has 0 aliphatic rings. The number of rotatable bonds is 11. The van der Waals surface area contributed by atoms with Crippen molar-refractivity contribution in [3.05, 3.63) is 129 Å². The number of allylic oxidation sites excluding steroid dienone is 1. The number of ether oxygens (including phenoxy) is 3. The minimum absolute atomic E-state index is 0.0183. The number of nitrogens with zero attached hydrogens (tertiary/aromatic N) is 2. The Labute approximate surface area is 221 Å². The maximum absolute atomic E-state index is 10.9. The normalized spacial score (nSPS) is 10.9. The molecule has 4 rings (SSSR count). The molecule has 0 heterocycles. The minimum Gasteiger partial charge on any atom is -0.490 e. The van der Waals surface area contributed by atoms with Crippen molar-refractivity contribution in [2.45, 2.75) is 20.1 Å². The van der Waals surface area contributed by atoms with Gasteiger partial charge in [0.25, 0.3) is 5.69 Å². The summed E-state index contributed by atoms with van der Waals surface area (Å²) in [6.45, 7) is 3.25. The molecule has 0 unspecified atom stereocenters. The van der Waals surface area contributed by atoms with E-state index < -0.39 is 4.92 Å². The second-order valence-electron chi connectivity index (χ2n) is 8.32. The van der Waals surface area contributed by atoms with Crippen LogP contribution in [0.5, 0.6) is 17.2 Å². The van der Waals surface area contributed by atoms with Crippen LogP contribution in [0.4, 0.5) is 5.69 Å². The average Bonchev–Trinajstić information content (AvgIpc) is 2.95. The summed E-state index contributed by atoms with van der Waals surface area (Å²) in [5.74, 6) is 2.02. The van der Waals surface area contributed by atoms with Gasteiger partial charge in [-0.2, -0.15) is 5.26 Å². The fourth-order valence-corrected chi connectivity index (χ4v) is 3.70. The summed E-state index contributed by atoms with van der Waals surface area (Å²) >= 11 is 0. The van der Waals surface area contributed by atoms with Gasteiger partial charge in [0.1, 0.15) is 19.0 Å². The molecule has 0 saturated heterocycles. The molecule has 0 radical (unpaired) electrons. The molecular weight excluding hydrogens is 480 g/mol. The third kappa shape index (κ3) is 6.99. The summed E-state index contributed by atoms with van der Waals surface area (Å²) in [7, 11) is 0. The molecule has 0 aliphatic carbocycles. The topological polar surface area (TPSA) is 94.6 Å². The van der Waals surface area contributed by atoms with E-state index in [4.69, 9.17) is 14.2 Å². The van der Waals surface area contributed by atoms with Gasteiger partial charge in [-0.1, -0.05) is 48.5 Å². The molecule has 0 aromatic heterocycles. The molecule has 4 aromatic carbocycles. The monoisotopic (exact) mass is 506 g/mol. The first-order valence-electron chi connectivity index (χ1n) is 12.1. The van der Waals surface area contributed by atoms with Crippen LogP contribution in [0, 0.1) is 21.4 Å². The van der Waals surface area contributed by atoms with E-state index in [1.54, 1.807) is 18.2 Å². The lowest BCUT2D eigenvalue weighted by atomic mass is 10.0. The van der Waals surface area contributed by atoms with Crippen molar-refractivity contribution >= 4 is 17.3 Å². The van der Waals surface area contributed by atoms with Crippen molar-refractivity contribution in [3.8, 4) is 23.3 Å². The van der Waals surface area contributed by atoms with Crippen molar-refractivity contribution < 1.29 is 19.1 Å². The van der Waals surface area contributed by atoms with Gasteiger partial charge >= 0.3 is 0 Å². The van der Waals surface area contributed by atoms with Crippen molar-refractivity contribution in [2.75, 3.05) is 6.61 Å². The van der Waals surface area contributed by atoms with Crippen LogP contribution in [0.15, 0.2) is 97.1 Å². The third-order valence-corrected chi connectivity index (χ3v) is 5.65. The third-order valence-electron chi connectivity index (χ3n) is 5.65. The molecule has 0 spiro atoms. The Balaban J connectivity index is 1.39. The molecular formula is C31H26N2O5. The maximum atomic E-state index is 10.9. The number of nitriles is 1. The molecule has 7 nitrogen and oxygen atoms in total. The van der Waals surface area contributed by atoms with Gasteiger partial charge in [-0.15, -0.1) is 0 Å². The Kier molecular flexibility index (Phi) is 8.72. The van der Waals surface area contributed by atoms with Gasteiger partial charge in [-0.05, 0) is 71.7 Å². The first-order valence-corrected chi connectivity index (χ1v) is 12.1. The average molecular weight is 507 g/mol. The van der Waals surface area contributed by atoms with Crippen LogP contribution in [-0.2, 0) is 13.2 Å². The van der Waals surface area contributed by atoms with Gasteiger partial charge in [0.05, 0.1) is 23.2 Å². The number of benzene rings is 4. The number of nitro benzene ring substituents is 1. The molecule has 0 fully saturated rings. The highest BCUT2D eigenvalue weighted by molar-refractivity contribution is 5.89. The molecule has 38 heavy (non-hydrogen) atoms. The van der Waals surface area contributed by atoms with Crippen molar-refractivity contribution in [1.29, 1.82) is 5.26 Å². The van der Waals surface area contributed by atoms with E-state index in [1.807, 2.05) is 79.7 Å². The molecule has 0 atom stereocenters. The molecule has 0 bridgehead atoms. The highest BCUT2D eigenvalue weighted by atomic mass is 16.6. The summed E-state index contributed by atoms with van der Waals surface area (Å²) in [6.07, 6.45) is 1.73. The first-order chi connectivity index (χ1) is 18.6. The molecule has 190 valence electrons. The van der Waals surface area contributed by atoms with Crippen molar-refractivity contribution in [2.24, 2.45) is 0 Å². The van der Waals surface area contributed by atoms with Crippen LogP contribution in [0.2, 0.25) is 0 Å². The fourth-order valence-electron chi connectivity index (χ4n) is 3.70. The van der Waals surface area contributed by atoms with Crippen molar-refractivity contribution in [3.63, 3.8) is 0 Å². The molecule has 7 heteroatoms. The van der Waals surface area contributed by atoms with Crippen LogP contribution in [0.1, 0.15) is 29.2 Å². The van der Waals surface area contributed by atoms with Crippen molar-refractivity contribution in [1.82, 2.24) is 0 Å². The predicted molar refractivity (Wildman–Crippen MR) is 146 cm³/mol. The lowest BCUT2D eigenvalue weighted by Crippen LogP contribution is -2.02. The predicted octanol–water partition coefficient (Wildman–Crippen LogP) is 7.22. The minimum atomic E-state index is -0.468. The highest BCUT2D eigenvalue weighted by Gasteiger charge is 2.09. The zero-order valence-corrected chi connectivity index (χ0v) is 20.9. The number of hydrogen-bond acceptors (Lipinski definition) is 6. The number of hydrogen-bond donors (Lipinski definition) is 0. The maximum Gasteiger partial charge on any atom is 0.269 e. The second kappa shape index (κ2) is 12.7. The quantitative estimate of drug-likeness (QED) is 0.0923. The lowest BCUT2D eigenvalue weighted by molar-refractivity contribution is -0.384. The molecule has 4 aromatic rings. The summed E-state index contributed by atoms with van der Waals surface area (Å²) in [6, 6.07) is 31.1. The largest absolute Gasteiger partial charge is 0.490 e. The summed E-state index contributed by atoms with van der Waals surface area (Å²) in [4.78, 5) is 10.4. The van der Waals surface area contributed by atoms with E-state index in [1.165, 1.54) is 12.1 Å². The lowest BCUT2D eigenvalue weighted by Gasteiger charge is -2.14. The summed E-state index contributed by atoms with van der Waals surface area (Å²) < 4.78 is 17.7. The SMILES string of the molecule is CCOc1cc(COc2ccc(/C=C(\C#N)c3ccc([N+](=O)[O-])cc3)cc2)ccc1OCc1ccccc1. The standard InChI is InChI=1S/C31H26N2O5/c1-2-36-31-19-25(10-17-30(31)38-21-24-6-4-3-5-7-24)22-37-29-15-8-23(9-16-29)18-27(20-32)26-11-13-28(14-12-26)33(34)35/h3-19H,2,21-22H2,1H3/b27-18+. The Morgan fingerprint density at radius 3 is 2.21 bits per heavy atom. The van der Waals surface area contributed by atoms with Gasteiger partial charge < -0.3 is 14.2 Å². The first kappa shape index (κ1) is 26.0.